The summed E-state index contributed by atoms with van der Waals surface area (Å²) in [6.45, 7) is 8.57. The first-order valence-electron chi connectivity index (χ1n) is 7.77. The third-order valence-electron chi connectivity index (χ3n) is 4.78. The van der Waals surface area contributed by atoms with Crippen LogP contribution >= 0.6 is 0 Å². The molecule has 100 valence electrons. The molecule has 2 fully saturated rings. The van der Waals surface area contributed by atoms with Crippen molar-refractivity contribution in [2.45, 2.75) is 70.9 Å². The van der Waals surface area contributed by atoms with Gasteiger partial charge in [-0.15, -0.1) is 0 Å². The number of hydrogen-bond acceptors (Lipinski definition) is 2. The highest BCUT2D eigenvalue weighted by Crippen LogP contribution is 2.28. The van der Waals surface area contributed by atoms with Crippen LogP contribution in [0.1, 0.15) is 58.8 Å². The van der Waals surface area contributed by atoms with Crippen LogP contribution in [-0.2, 0) is 0 Å². The van der Waals surface area contributed by atoms with E-state index in [2.05, 4.69) is 24.1 Å². The van der Waals surface area contributed by atoms with E-state index in [-0.39, 0.29) is 0 Å². The van der Waals surface area contributed by atoms with Crippen LogP contribution in [0.4, 0.5) is 0 Å². The van der Waals surface area contributed by atoms with E-state index < -0.39 is 0 Å². The Morgan fingerprint density at radius 2 is 2.00 bits per heavy atom. The van der Waals surface area contributed by atoms with Crippen LogP contribution in [0.2, 0.25) is 0 Å². The van der Waals surface area contributed by atoms with Gasteiger partial charge < -0.3 is 10.2 Å². The Bertz CT molecular complexity index is 207. The van der Waals surface area contributed by atoms with E-state index in [1.165, 1.54) is 64.6 Å². The van der Waals surface area contributed by atoms with Gasteiger partial charge in [0.2, 0.25) is 0 Å². The first-order valence-corrected chi connectivity index (χ1v) is 7.77. The molecule has 1 heterocycles. The molecule has 0 aromatic carbocycles. The lowest BCUT2D eigenvalue weighted by molar-refractivity contribution is 0.131. The summed E-state index contributed by atoms with van der Waals surface area (Å²) in [5, 5.41) is 3.68. The molecule has 2 heteroatoms. The van der Waals surface area contributed by atoms with E-state index in [4.69, 9.17) is 0 Å². The molecule has 0 aromatic heterocycles. The summed E-state index contributed by atoms with van der Waals surface area (Å²) in [5.41, 5.74) is 0. The van der Waals surface area contributed by atoms with Crippen molar-refractivity contribution in [1.29, 1.82) is 0 Å². The van der Waals surface area contributed by atoms with E-state index in [0.717, 1.165) is 18.0 Å². The fourth-order valence-corrected chi connectivity index (χ4v) is 3.31. The van der Waals surface area contributed by atoms with Crippen molar-refractivity contribution in [2.75, 3.05) is 19.6 Å². The second-order valence-corrected chi connectivity index (χ2v) is 6.12. The molecule has 1 saturated heterocycles. The van der Waals surface area contributed by atoms with Gasteiger partial charge in [-0.05, 0) is 58.0 Å². The highest BCUT2D eigenvalue weighted by Gasteiger charge is 2.24. The van der Waals surface area contributed by atoms with Crippen LogP contribution in [0.5, 0.6) is 0 Å². The fourth-order valence-electron chi connectivity index (χ4n) is 3.31. The molecular weight excluding hydrogens is 208 g/mol. The predicted molar refractivity (Wildman–Crippen MR) is 74.3 cm³/mol. The SMILES string of the molecule is CCN(CC1CCC1)C(C)CC1CCCCN1. The van der Waals surface area contributed by atoms with Crippen molar-refractivity contribution in [1.82, 2.24) is 10.2 Å². The van der Waals surface area contributed by atoms with Crippen molar-refractivity contribution in [3.05, 3.63) is 0 Å². The smallest absolute Gasteiger partial charge is 0.00818 e. The van der Waals surface area contributed by atoms with Gasteiger partial charge >= 0.3 is 0 Å². The summed E-state index contributed by atoms with van der Waals surface area (Å²) in [6.07, 6.45) is 9.98. The minimum Gasteiger partial charge on any atom is -0.314 e. The van der Waals surface area contributed by atoms with Crippen molar-refractivity contribution in [3.8, 4) is 0 Å². The number of nitrogens with zero attached hydrogens (tertiary/aromatic N) is 1. The van der Waals surface area contributed by atoms with Gasteiger partial charge in [0.25, 0.3) is 0 Å². The molecule has 2 rings (SSSR count). The largest absolute Gasteiger partial charge is 0.314 e. The predicted octanol–water partition coefficient (Wildman–Crippen LogP) is 3.03. The summed E-state index contributed by atoms with van der Waals surface area (Å²) in [5.74, 6) is 1.01. The van der Waals surface area contributed by atoms with Gasteiger partial charge in [-0.25, -0.2) is 0 Å². The Morgan fingerprint density at radius 1 is 1.18 bits per heavy atom. The Kier molecular flexibility index (Phi) is 5.30. The molecule has 1 aliphatic carbocycles. The molecule has 1 N–H and O–H groups in total. The number of hydrogen-bond donors (Lipinski definition) is 1. The fraction of sp³-hybridized carbons (Fsp3) is 1.00. The first-order chi connectivity index (χ1) is 8.29. The lowest BCUT2D eigenvalue weighted by Crippen LogP contribution is -2.44. The average molecular weight is 238 g/mol. The van der Waals surface area contributed by atoms with Gasteiger partial charge in [-0.1, -0.05) is 19.8 Å². The third-order valence-corrected chi connectivity index (χ3v) is 4.78. The van der Waals surface area contributed by atoms with E-state index in [9.17, 15) is 0 Å². The zero-order valence-electron chi connectivity index (χ0n) is 11.8. The number of piperidine rings is 1. The molecule has 1 aliphatic heterocycles. The Labute approximate surface area is 107 Å². The topological polar surface area (TPSA) is 15.3 Å². The Hall–Kier alpha value is -0.0800. The van der Waals surface area contributed by atoms with Gasteiger partial charge in [0.1, 0.15) is 0 Å². The lowest BCUT2D eigenvalue weighted by Gasteiger charge is -2.37. The molecule has 0 bridgehead atoms. The standard InChI is InChI=1S/C15H30N2/c1-3-17(12-14-7-6-8-14)13(2)11-15-9-4-5-10-16-15/h13-16H,3-12H2,1-2H3. The molecule has 2 atom stereocenters. The first kappa shape index (κ1) is 13.4. The Morgan fingerprint density at radius 3 is 2.53 bits per heavy atom. The highest BCUT2D eigenvalue weighted by atomic mass is 15.2. The highest BCUT2D eigenvalue weighted by molar-refractivity contribution is 4.81. The van der Waals surface area contributed by atoms with Gasteiger partial charge in [0.05, 0.1) is 0 Å². The maximum atomic E-state index is 3.68. The van der Waals surface area contributed by atoms with Gasteiger partial charge in [0, 0.05) is 18.6 Å². The summed E-state index contributed by atoms with van der Waals surface area (Å²) in [6, 6.07) is 1.55. The summed E-state index contributed by atoms with van der Waals surface area (Å²) >= 11 is 0. The van der Waals surface area contributed by atoms with E-state index in [1.807, 2.05) is 0 Å². The van der Waals surface area contributed by atoms with Crippen LogP contribution in [0.25, 0.3) is 0 Å². The molecule has 17 heavy (non-hydrogen) atoms. The van der Waals surface area contributed by atoms with Crippen LogP contribution in [0.3, 0.4) is 0 Å². The van der Waals surface area contributed by atoms with Gasteiger partial charge in [-0.3, -0.25) is 0 Å². The average Bonchev–Trinajstić information content (AvgIpc) is 2.29. The second kappa shape index (κ2) is 6.75. The molecular formula is C15H30N2. The molecule has 0 amide bonds. The molecule has 0 spiro atoms. The normalized spacial score (nSPS) is 28.1. The van der Waals surface area contributed by atoms with E-state index >= 15 is 0 Å². The zero-order valence-corrected chi connectivity index (χ0v) is 11.8. The van der Waals surface area contributed by atoms with Crippen molar-refractivity contribution in [3.63, 3.8) is 0 Å². The van der Waals surface area contributed by atoms with E-state index in [0.29, 0.717) is 0 Å². The van der Waals surface area contributed by atoms with Crippen molar-refractivity contribution in [2.24, 2.45) is 5.92 Å². The summed E-state index contributed by atoms with van der Waals surface area (Å²) in [7, 11) is 0. The van der Waals surface area contributed by atoms with Crippen LogP contribution < -0.4 is 5.32 Å². The van der Waals surface area contributed by atoms with Crippen LogP contribution in [0.15, 0.2) is 0 Å². The van der Waals surface area contributed by atoms with Crippen molar-refractivity contribution < 1.29 is 0 Å². The molecule has 2 aliphatic rings. The van der Waals surface area contributed by atoms with Gasteiger partial charge in [0.15, 0.2) is 0 Å². The monoisotopic (exact) mass is 238 g/mol. The van der Waals surface area contributed by atoms with E-state index in [1.54, 1.807) is 0 Å². The van der Waals surface area contributed by atoms with Gasteiger partial charge in [-0.2, -0.15) is 0 Å². The third kappa shape index (κ3) is 3.96. The molecule has 2 unspecified atom stereocenters. The second-order valence-electron chi connectivity index (χ2n) is 6.12. The number of rotatable bonds is 6. The zero-order chi connectivity index (χ0) is 12.1. The number of nitrogens with one attached hydrogen (secondary N) is 1. The maximum Gasteiger partial charge on any atom is 0.00818 e. The van der Waals surface area contributed by atoms with Crippen LogP contribution in [0, 0.1) is 5.92 Å². The minimum absolute atomic E-state index is 0.760. The quantitative estimate of drug-likeness (QED) is 0.765. The molecule has 2 nitrogen and oxygen atoms in total. The lowest BCUT2D eigenvalue weighted by atomic mass is 9.84. The molecule has 0 radical (unpaired) electrons. The minimum atomic E-state index is 0.760. The van der Waals surface area contributed by atoms with Crippen molar-refractivity contribution >= 4 is 0 Å². The molecule has 1 saturated carbocycles. The Balaban J connectivity index is 1.72. The maximum absolute atomic E-state index is 3.68. The summed E-state index contributed by atoms with van der Waals surface area (Å²) < 4.78 is 0. The molecule has 0 aromatic rings. The summed E-state index contributed by atoms with van der Waals surface area (Å²) in [4.78, 5) is 2.71. The van der Waals surface area contributed by atoms with Crippen LogP contribution in [-0.4, -0.2) is 36.6 Å².